The zero-order valence-electron chi connectivity index (χ0n) is 11.4. The van der Waals surface area contributed by atoms with Gasteiger partial charge in [-0.25, -0.2) is 4.79 Å². The summed E-state index contributed by atoms with van der Waals surface area (Å²) in [6.45, 7) is 4.02. The third-order valence-corrected chi connectivity index (χ3v) is 2.71. The van der Waals surface area contributed by atoms with Gasteiger partial charge in [0, 0.05) is 12.5 Å². The van der Waals surface area contributed by atoms with E-state index in [0.29, 0.717) is 19.4 Å². The van der Waals surface area contributed by atoms with Crippen LogP contribution in [0.25, 0.3) is 0 Å². The number of carbonyl (C=O) groups excluding carboxylic acids is 2. The van der Waals surface area contributed by atoms with Crippen LogP contribution in [0.1, 0.15) is 26.7 Å². The summed E-state index contributed by atoms with van der Waals surface area (Å²) in [5, 5.41) is 0. The molecule has 0 saturated carbocycles. The van der Waals surface area contributed by atoms with Gasteiger partial charge in [0.1, 0.15) is 6.10 Å². The highest BCUT2D eigenvalue weighted by Gasteiger charge is 2.31. The number of carbonyl (C=O) groups is 2. The Hall–Kier alpha value is -1.84. The molecule has 0 aliphatic carbocycles. The molecule has 104 valence electrons. The molecule has 0 N–H and O–H groups in total. The van der Waals surface area contributed by atoms with Crippen molar-refractivity contribution in [1.82, 2.24) is 0 Å². The Morgan fingerprint density at radius 1 is 1.47 bits per heavy atom. The molecule has 0 aromatic heterocycles. The van der Waals surface area contributed by atoms with E-state index in [4.69, 9.17) is 9.47 Å². The fraction of sp³-hybridized carbons (Fsp3) is 0.467. The van der Waals surface area contributed by atoms with E-state index >= 15 is 0 Å². The van der Waals surface area contributed by atoms with Crippen LogP contribution in [0.5, 0.6) is 0 Å². The standard InChI is InChI=1S/C15H20O4/c1-3-5-6-7-8-12-11-13(19-15(12)17)9-10-14(16)18-4-2/h3,5-7,9-10,12-13H,4,8,11H2,1-2H3/b5-3+,7-6+,10-9+/t12-,13+/m0/s1. The molecule has 0 aromatic carbocycles. The van der Waals surface area contributed by atoms with E-state index in [9.17, 15) is 9.59 Å². The Kier molecular flexibility index (Phi) is 6.64. The first kappa shape index (κ1) is 15.2. The van der Waals surface area contributed by atoms with E-state index in [-0.39, 0.29) is 18.0 Å². The lowest BCUT2D eigenvalue weighted by molar-refractivity contribution is -0.143. The van der Waals surface area contributed by atoms with Crippen molar-refractivity contribution >= 4 is 11.9 Å². The molecule has 0 amide bonds. The first-order valence-corrected chi connectivity index (χ1v) is 6.50. The Bertz CT molecular complexity index is 393. The van der Waals surface area contributed by atoms with Crippen LogP contribution >= 0.6 is 0 Å². The van der Waals surface area contributed by atoms with Crippen LogP contribution in [0.4, 0.5) is 0 Å². The van der Waals surface area contributed by atoms with Crippen LogP contribution in [-0.4, -0.2) is 24.6 Å². The molecule has 1 heterocycles. The summed E-state index contributed by atoms with van der Waals surface area (Å²) < 4.78 is 9.94. The van der Waals surface area contributed by atoms with Gasteiger partial charge in [0.15, 0.2) is 0 Å². The maximum atomic E-state index is 11.6. The Morgan fingerprint density at radius 2 is 2.26 bits per heavy atom. The van der Waals surface area contributed by atoms with Crippen molar-refractivity contribution in [3.63, 3.8) is 0 Å². The fourth-order valence-electron chi connectivity index (χ4n) is 1.79. The van der Waals surface area contributed by atoms with E-state index in [1.807, 2.05) is 31.2 Å². The summed E-state index contributed by atoms with van der Waals surface area (Å²) in [6.07, 6.45) is 11.6. The molecule has 1 rings (SSSR count). The van der Waals surface area contributed by atoms with Crippen LogP contribution in [0.3, 0.4) is 0 Å². The highest BCUT2D eigenvalue weighted by Crippen LogP contribution is 2.25. The molecule has 4 nitrogen and oxygen atoms in total. The minimum atomic E-state index is -0.407. The molecule has 1 aliphatic rings. The molecule has 0 spiro atoms. The maximum Gasteiger partial charge on any atom is 0.330 e. The quantitative estimate of drug-likeness (QED) is 0.420. The van der Waals surface area contributed by atoms with E-state index in [1.54, 1.807) is 13.0 Å². The molecule has 1 aliphatic heterocycles. The zero-order valence-corrected chi connectivity index (χ0v) is 11.4. The number of ether oxygens (including phenoxy) is 2. The second kappa shape index (κ2) is 8.29. The lowest BCUT2D eigenvalue weighted by Gasteiger charge is -2.01. The molecule has 1 fully saturated rings. The third kappa shape index (κ3) is 5.55. The maximum absolute atomic E-state index is 11.6. The summed E-state index contributed by atoms with van der Waals surface area (Å²) in [4.78, 5) is 22.7. The summed E-state index contributed by atoms with van der Waals surface area (Å²) >= 11 is 0. The van der Waals surface area contributed by atoms with Crippen LogP contribution in [0, 0.1) is 5.92 Å². The Labute approximate surface area is 113 Å². The van der Waals surface area contributed by atoms with Gasteiger partial charge in [0.25, 0.3) is 0 Å². The zero-order chi connectivity index (χ0) is 14.1. The Morgan fingerprint density at radius 3 is 2.95 bits per heavy atom. The van der Waals surface area contributed by atoms with Crippen LogP contribution in [-0.2, 0) is 19.1 Å². The van der Waals surface area contributed by atoms with Crippen molar-refractivity contribution in [3.05, 3.63) is 36.5 Å². The monoisotopic (exact) mass is 264 g/mol. The first-order valence-electron chi connectivity index (χ1n) is 6.50. The van der Waals surface area contributed by atoms with Gasteiger partial charge in [-0.15, -0.1) is 0 Å². The second-order valence-electron chi connectivity index (χ2n) is 4.21. The van der Waals surface area contributed by atoms with Crippen molar-refractivity contribution < 1.29 is 19.1 Å². The van der Waals surface area contributed by atoms with Gasteiger partial charge in [0.2, 0.25) is 0 Å². The normalized spacial score (nSPS) is 23.6. The lowest BCUT2D eigenvalue weighted by atomic mass is 10.0. The molecule has 0 unspecified atom stereocenters. The van der Waals surface area contributed by atoms with Gasteiger partial charge in [-0.2, -0.15) is 0 Å². The summed E-state index contributed by atoms with van der Waals surface area (Å²) in [5.41, 5.74) is 0. The number of allylic oxidation sites excluding steroid dienone is 4. The number of esters is 2. The van der Waals surface area contributed by atoms with Crippen LogP contribution in [0.2, 0.25) is 0 Å². The minimum absolute atomic E-state index is 0.127. The highest BCUT2D eigenvalue weighted by atomic mass is 16.6. The molecule has 0 bridgehead atoms. The third-order valence-electron chi connectivity index (χ3n) is 2.71. The topological polar surface area (TPSA) is 52.6 Å². The predicted octanol–water partition coefficient (Wildman–Crippen LogP) is 2.56. The molecule has 1 saturated heterocycles. The number of cyclic esters (lactones) is 1. The predicted molar refractivity (Wildman–Crippen MR) is 72.3 cm³/mol. The van der Waals surface area contributed by atoms with Gasteiger partial charge in [-0.05, 0) is 26.3 Å². The van der Waals surface area contributed by atoms with Gasteiger partial charge in [-0.3, -0.25) is 4.79 Å². The summed E-state index contributed by atoms with van der Waals surface area (Å²) in [7, 11) is 0. The van der Waals surface area contributed by atoms with E-state index in [0.717, 1.165) is 0 Å². The number of hydrogen-bond acceptors (Lipinski definition) is 4. The lowest BCUT2D eigenvalue weighted by Crippen LogP contribution is -2.06. The van der Waals surface area contributed by atoms with Gasteiger partial charge < -0.3 is 9.47 Å². The van der Waals surface area contributed by atoms with Gasteiger partial charge in [0.05, 0.1) is 12.5 Å². The highest BCUT2D eigenvalue weighted by molar-refractivity contribution is 5.82. The smallest absolute Gasteiger partial charge is 0.330 e. The molecule has 0 aromatic rings. The molecule has 0 radical (unpaired) electrons. The fourth-order valence-corrected chi connectivity index (χ4v) is 1.79. The van der Waals surface area contributed by atoms with E-state index < -0.39 is 5.97 Å². The van der Waals surface area contributed by atoms with Crippen molar-refractivity contribution in [2.24, 2.45) is 5.92 Å². The molecular formula is C15H20O4. The van der Waals surface area contributed by atoms with Crippen molar-refractivity contribution in [2.45, 2.75) is 32.8 Å². The summed E-state index contributed by atoms with van der Waals surface area (Å²) in [5.74, 6) is -0.739. The van der Waals surface area contributed by atoms with E-state index in [1.165, 1.54) is 6.08 Å². The largest absolute Gasteiger partial charge is 0.463 e. The SMILES string of the molecule is C/C=C/C=C/C[C@H]1C[C@@H](/C=C/C(=O)OCC)OC1=O. The number of rotatable bonds is 6. The van der Waals surface area contributed by atoms with Crippen LogP contribution in [0.15, 0.2) is 36.5 Å². The second-order valence-corrected chi connectivity index (χ2v) is 4.21. The van der Waals surface area contributed by atoms with Gasteiger partial charge in [-0.1, -0.05) is 24.3 Å². The number of hydrogen-bond donors (Lipinski definition) is 0. The van der Waals surface area contributed by atoms with Crippen molar-refractivity contribution in [3.8, 4) is 0 Å². The Balaban J connectivity index is 2.41. The molecule has 2 atom stereocenters. The molecule has 4 heteroatoms. The average molecular weight is 264 g/mol. The molecular weight excluding hydrogens is 244 g/mol. The van der Waals surface area contributed by atoms with Crippen molar-refractivity contribution in [2.75, 3.05) is 6.61 Å². The average Bonchev–Trinajstić information content (AvgIpc) is 2.73. The summed E-state index contributed by atoms with van der Waals surface area (Å²) in [6, 6.07) is 0. The molecule has 19 heavy (non-hydrogen) atoms. The minimum Gasteiger partial charge on any atom is -0.463 e. The van der Waals surface area contributed by atoms with Crippen molar-refractivity contribution in [1.29, 1.82) is 0 Å². The van der Waals surface area contributed by atoms with Gasteiger partial charge >= 0.3 is 11.9 Å². The van der Waals surface area contributed by atoms with E-state index in [2.05, 4.69) is 0 Å². The first-order chi connectivity index (χ1) is 9.17. The van der Waals surface area contributed by atoms with Crippen LogP contribution < -0.4 is 0 Å².